The molecule has 0 aliphatic carbocycles. The van der Waals surface area contributed by atoms with E-state index >= 15 is 0 Å². The van der Waals surface area contributed by atoms with Crippen molar-refractivity contribution in [3.05, 3.63) is 64.0 Å². The Labute approximate surface area is 228 Å². The van der Waals surface area contributed by atoms with Crippen LogP contribution in [0.2, 0.25) is 0 Å². The lowest BCUT2D eigenvalue weighted by Crippen LogP contribution is -2.35. The highest BCUT2D eigenvalue weighted by atomic mass is 32.1. The van der Waals surface area contributed by atoms with Gasteiger partial charge in [0.1, 0.15) is 12.4 Å². The zero-order chi connectivity index (χ0) is 26.8. The van der Waals surface area contributed by atoms with Crippen molar-refractivity contribution in [3.8, 4) is 17.0 Å². The van der Waals surface area contributed by atoms with Gasteiger partial charge in [0.25, 0.3) is 5.91 Å². The Bertz CT molecular complexity index is 1330. The number of nitrogens with zero attached hydrogens (tertiary/aromatic N) is 3. The highest BCUT2D eigenvalue weighted by Crippen LogP contribution is 2.38. The SMILES string of the molecule is Cc1ccc(OCc2ccc(C(=O)N3CCCCC3)cc2C)c(-c2csc(N3CCC(C(=O)O)C3C)n2)c1. The van der Waals surface area contributed by atoms with Crippen molar-refractivity contribution < 1.29 is 19.4 Å². The maximum Gasteiger partial charge on any atom is 0.308 e. The summed E-state index contributed by atoms with van der Waals surface area (Å²) in [6, 6.07) is 11.9. The fraction of sp³-hybridized carbons (Fsp3) is 0.433. The molecule has 8 heteroatoms. The van der Waals surface area contributed by atoms with Gasteiger partial charge in [0, 0.05) is 42.2 Å². The molecule has 0 spiro atoms. The van der Waals surface area contributed by atoms with Gasteiger partial charge in [0.2, 0.25) is 0 Å². The van der Waals surface area contributed by atoms with Crippen LogP contribution < -0.4 is 9.64 Å². The number of likely N-dealkylation sites (tertiary alicyclic amines) is 1. The summed E-state index contributed by atoms with van der Waals surface area (Å²) in [7, 11) is 0. The number of benzene rings is 2. The van der Waals surface area contributed by atoms with E-state index in [0.29, 0.717) is 19.6 Å². The molecule has 2 saturated heterocycles. The Morgan fingerprint density at radius 1 is 1.08 bits per heavy atom. The maximum atomic E-state index is 12.9. The van der Waals surface area contributed by atoms with Crippen LogP contribution in [-0.4, -0.2) is 52.5 Å². The van der Waals surface area contributed by atoms with Gasteiger partial charge >= 0.3 is 5.97 Å². The number of carbonyl (C=O) groups excluding carboxylic acids is 1. The number of carboxylic acids is 1. The molecule has 2 aliphatic rings. The first-order chi connectivity index (χ1) is 18.3. The van der Waals surface area contributed by atoms with Gasteiger partial charge in [-0.25, -0.2) is 4.98 Å². The van der Waals surface area contributed by atoms with Crippen LogP contribution in [0.25, 0.3) is 11.3 Å². The predicted molar refractivity (Wildman–Crippen MR) is 150 cm³/mol. The van der Waals surface area contributed by atoms with E-state index in [0.717, 1.165) is 70.3 Å². The van der Waals surface area contributed by atoms with Gasteiger partial charge in [-0.3, -0.25) is 9.59 Å². The van der Waals surface area contributed by atoms with E-state index in [9.17, 15) is 14.7 Å². The number of thiazole rings is 1. The maximum absolute atomic E-state index is 12.9. The summed E-state index contributed by atoms with van der Waals surface area (Å²) < 4.78 is 6.31. The first-order valence-electron chi connectivity index (χ1n) is 13.4. The molecule has 2 unspecified atom stereocenters. The molecule has 3 heterocycles. The van der Waals surface area contributed by atoms with Crippen LogP contribution >= 0.6 is 11.3 Å². The fourth-order valence-corrected chi connectivity index (χ4v) is 6.40. The summed E-state index contributed by atoms with van der Waals surface area (Å²) in [6.07, 6.45) is 3.99. The van der Waals surface area contributed by atoms with Crippen LogP contribution in [0.3, 0.4) is 0 Å². The average Bonchev–Trinajstić information content (AvgIpc) is 3.55. The molecule has 3 aromatic rings. The number of carboxylic acid groups (broad SMARTS) is 1. The third-order valence-electron chi connectivity index (χ3n) is 7.84. The topological polar surface area (TPSA) is 83.0 Å². The average molecular weight is 534 g/mol. The van der Waals surface area contributed by atoms with E-state index < -0.39 is 5.97 Å². The normalized spacial score (nSPS) is 19.6. The molecule has 200 valence electrons. The Kier molecular flexibility index (Phi) is 7.70. The first-order valence-corrected chi connectivity index (χ1v) is 14.3. The summed E-state index contributed by atoms with van der Waals surface area (Å²) in [5.74, 6) is -0.254. The third kappa shape index (κ3) is 5.41. The fourth-order valence-electron chi connectivity index (χ4n) is 5.46. The molecule has 2 fully saturated rings. The molecule has 2 aromatic carbocycles. The van der Waals surface area contributed by atoms with Crippen LogP contribution in [-0.2, 0) is 11.4 Å². The zero-order valence-electron chi connectivity index (χ0n) is 22.3. The van der Waals surface area contributed by atoms with Crippen molar-refractivity contribution in [2.75, 3.05) is 24.5 Å². The number of ether oxygens (including phenoxy) is 1. The lowest BCUT2D eigenvalue weighted by Gasteiger charge is -2.27. The van der Waals surface area contributed by atoms with E-state index in [4.69, 9.17) is 9.72 Å². The molecule has 7 nitrogen and oxygen atoms in total. The third-order valence-corrected chi connectivity index (χ3v) is 8.71. The Hall–Kier alpha value is -3.39. The number of hydrogen-bond acceptors (Lipinski definition) is 6. The highest BCUT2D eigenvalue weighted by Gasteiger charge is 2.37. The smallest absolute Gasteiger partial charge is 0.308 e. The first kappa shape index (κ1) is 26.2. The van der Waals surface area contributed by atoms with Gasteiger partial charge in [0.05, 0.1) is 11.6 Å². The largest absolute Gasteiger partial charge is 0.488 e. The second-order valence-corrected chi connectivity index (χ2v) is 11.3. The number of piperidine rings is 1. The van der Waals surface area contributed by atoms with Gasteiger partial charge in [-0.15, -0.1) is 11.3 Å². The second-order valence-electron chi connectivity index (χ2n) is 10.5. The number of rotatable bonds is 7. The molecule has 2 aliphatic heterocycles. The molecule has 1 amide bonds. The molecular weight excluding hydrogens is 498 g/mol. The summed E-state index contributed by atoms with van der Waals surface area (Å²) in [5, 5.41) is 12.4. The number of hydrogen-bond donors (Lipinski definition) is 1. The van der Waals surface area contributed by atoms with Gasteiger partial charge in [-0.1, -0.05) is 17.7 Å². The number of aliphatic carboxylic acids is 1. The van der Waals surface area contributed by atoms with Crippen LogP contribution in [0.15, 0.2) is 41.8 Å². The monoisotopic (exact) mass is 533 g/mol. The van der Waals surface area contributed by atoms with Gasteiger partial charge in [0.15, 0.2) is 5.13 Å². The summed E-state index contributed by atoms with van der Waals surface area (Å²) in [6.45, 7) is 8.79. The zero-order valence-corrected chi connectivity index (χ0v) is 23.1. The molecular formula is C30H35N3O4S. The van der Waals surface area contributed by atoms with Gasteiger partial charge in [-0.05, 0) is 81.8 Å². The minimum atomic E-state index is -0.745. The number of carbonyl (C=O) groups is 2. The molecule has 5 rings (SSSR count). The summed E-state index contributed by atoms with van der Waals surface area (Å²) >= 11 is 1.54. The van der Waals surface area contributed by atoms with E-state index in [1.54, 1.807) is 0 Å². The molecule has 0 saturated carbocycles. The second kappa shape index (κ2) is 11.2. The Balaban J connectivity index is 1.31. The predicted octanol–water partition coefficient (Wildman–Crippen LogP) is 5.93. The molecule has 38 heavy (non-hydrogen) atoms. The quantitative estimate of drug-likeness (QED) is 0.405. The van der Waals surface area contributed by atoms with Crippen molar-refractivity contribution in [1.29, 1.82) is 0 Å². The Morgan fingerprint density at radius 2 is 1.87 bits per heavy atom. The van der Waals surface area contributed by atoms with Crippen LogP contribution in [0.1, 0.15) is 59.7 Å². The van der Waals surface area contributed by atoms with E-state index in [2.05, 4.69) is 11.0 Å². The van der Waals surface area contributed by atoms with Gasteiger partial charge in [-0.2, -0.15) is 0 Å². The van der Waals surface area contributed by atoms with E-state index in [1.807, 2.05) is 61.4 Å². The summed E-state index contributed by atoms with van der Waals surface area (Å²) in [4.78, 5) is 33.4. The minimum Gasteiger partial charge on any atom is -0.488 e. The molecule has 1 aromatic heterocycles. The van der Waals surface area contributed by atoms with Crippen LogP contribution in [0.5, 0.6) is 5.75 Å². The van der Waals surface area contributed by atoms with Crippen LogP contribution in [0.4, 0.5) is 5.13 Å². The molecule has 2 atom stereocenters. The van der Waals surface area contributed by atoms with Crippen molar-refractivity contribution in [1.82, 2.24) is 9.88 Å². The van der Waals surface area contributed by atoms with Crippen molar-refractivity contribution >= 4 is 28.3 Å². The number of amides is 1. The van der Waals surface area contributed by atoms with Gasteiger partial charge < -0.3 is 19.6 Å². The standard InChI is InChI=1S/C30H35N3O4S/c1-19-7-10-27(25(15-19)26-18-38-30(31-26)33-14-11-24(21(33)3)29(35)36)37-17-23-9-8-22(16-20(23)2)28(34)32-12-5-4-6-13-32/h7-10,15-16,18,21,24H,4-6,11-14,17H2,1-3H3,(H,35,36). The molecule has 0 radical (unpaired) electrons. The Morgan fingerprint density at radius 3 is 2.58 bits per heavy atom. The van der Waals surface area contributed by atoms with Crippen molar-refractivity contribution in [3.63, 3.8) is 0 Å². The number of aryl methyl sites for hydroxylation is 2. The van der Waals surface area contributed by atoms with E-state index in [1.165, 1.54) is 17.8 Å². The van der Waals surface area contributed by atoms with E-state index in [-0.39, 0.29) is 17.9 Å². The van der Waals surface area contributed by atoms with Crippen molar-refractivity contribution in [2.24, 2.45) is 5.92 Å². The molecule has 1 N–H and O–H groups in total. The number of aromatic nitrogens is 1. The van der Waals surface area contributed by atoms with Crippen LogP contribution in [0, 0.1) is 19.8 Å². The number of anilines is 1. The minimum absolute atomic E-state index is 0.0903. The van der Waals surface area contributed by atoms with Crippen molar-refractivity contribution in [2.45, 2.75) is 59.1 Å². The molecule has 0 bridgehead atoms. The lowest BCUT2D eigenvalue weighted by atomic mass is 10.0. The highest BCUT2D eigenvalue weighted by molar-refractivity contribution is 7.14. The lowest BCUT2D eigenvalue weighted by molar-refractivity contribution is -0.141. The summed E-state index contributed by atoms with van der Waals surface area (Å²) in [5.41, 5.74) is 5.67.